The third-order valence-corrected chi connectivity index (χ3v) is 5.06. The van der Waals surface area contributed by atoms with E-state index in [2.05, 4.69) is 18.7 Å². The average Bonchev–Trinajstić information content (AvgIpc) is 2.44. The fraction of sp³-hybridized carbons (Fsp3) is 1.00. The van der Waals surface area contributed by atoms with Gasteiger partial charge in [0, 0.05) is 26.2 Å². The third kappa shape index (κ3) is 4.44. The minimum atomic E-state index is -0.0626. The molecule has 0 aromatic heterocycles. The number of hydrogen-bond donors (Lipinski definition) is 1. The number of nitrogens with zero attached hydrogens (tertiary/aromatic N) is 1. The average molecular weight is 269 g/mol. The van der Waals surface area contributed by atoms with Crippen molar-refractivity contribution in [2.75, 3.05) is 26.2 Å². The second-order valence-corrected chi connectivity index (χ2v) is 6.37. The van der Waals surface area contributed by atoms with E-state index in [1.807, 2.05) is 0 Å². The van der Waals surface area contributed by atoms with Crippen LogP contribution in [-0.4, -0.2) is 48.5 Å². The molecule has 3 nitrogen and oxygen atoms in total. The first kappa shape index (κ1) is 15.3. The van der Waals surface area contributed by atoms with Crippen LogP contribution in [0.15, 0.2) is 0 Å². The lowest BCUT2D eigenvalue weighted by Gasteiger charge is -2.39. The van der Waals surface area contributed by atoms with Crippen LogP contribution < -0.4 is 0 Å². The lowest BCUT2D eigenvalue weighted by molar-refractivity contribution is -0.00947. The Bertz CT molecular complexity index is 251. The van der Waals surface area contributed by atoms with Gasteiger partial charge in [-0.25, -0.2) is 0 Å². The van der Waals surface area contributed by atoms with E-state index in [0.717, 1.165) is 51.4 Å². The van der Waals surface area contributed by atoms with Gasteiger partial charge in [0.25, 0.3) is 0 Å². The predicted octanol–water partition coefficient (Wildman–Crippen LogP) is 2.67. The van der Waals surface area contributed by atoms with Gasteiger partial charge >= 0.3 is 0 Å². The van der Waals surface area contributed by atoms with Gasteiger partial charge in [0.2, 0.25) is 0 Å². The largest absolute Gasteiger partial charge is 0.393 e. The van der Waals surface area contributed by atoms with Crippen LogP contribution in [-0.2, 0) is 4.74 Å². The summed E-state index contributed by atoms with van der Waals surface area (Å²) in [5.74, 6) is 1.34. The van der Waals surface area contributed by atoms with Crippen LogP contribution in [0.5, 0.6) is 0 Å². The zero-order valence-electron chi connectivity index (χ0n) is 12.7. The fourth-order valence-electron chi connectivity index (χ4n) is 3.74. The van der Waals surface area contributed by atoms with E-state index in [4.69, 9.17) is 4.74 Å². The van der Waals surface area contributed by atoms with Gasteiger partial charge in [-0.2, -0.15) is 0 Å². The highest BCUT2D eigenvalue weighted by Gasteiger charge is 2.30. The Hall–Kier alpha value is -0.120. The van der Waals surface area contributed by atoms with Gasteiger partial charge in [-0.3, -0.25) is 0 Å². The van der Waals surface area contributed by atoms with Crippen molar-refractivity contribution >= 4 is 0 Å². The molecule has 0 bridgehead atoms. The van der Waals surface area contributed by atoms with Gasteiger partial charge in [0.1, 0.15) is 0 Å². The summed E-state index contributed by atoms with van der Waals surface area (Å²) in [6, 6.07) is 0. The molecule has 3 heteroatoms. The summed E-state index contributed by atoms with van der Waals surface area (Å²) in [4.78, 5) is 2.54. The van der Waals surface area contributed by atoms with E-state index in [0.29, 0.717) is 12.0 Å². The molecule has 2 rings (SSSR count). The fourth-order valence-corrected chi connectivity index (χ4v) is 3.74. The number of aliphatic hydroxyl groups excluding tert-OH is 1. The molecular weight excluding hydrogens is 238 g/mol. The zero-order chi connectivity index (χ0) is 13.7. The SMILES string of the molecule is CCOC1CCN(CC2CC(CC)CCC2O)CC1. The smallest absolute Gasteiger partial charge is 0.0599 e. The zero-order valence-corrected chi connectivity index (χ0v) is 12.7. The first-order valence-corrected chi connectivity index (χ1v) is 8.24. The second kappa shape index (κ2) is 7.61. The van der Waals surface area contributed by atoms with Crippen molar-refractivity contribution in [1.82, 2.24) is 4.90 Å². The van der Waals surface area contributed by atoms with Crippen LogP contribution in [0.3, 0.4) is 0 Å². The van der Waals surface area contributed by atoms with Crippen molar-refractivity contribution in [3.8, 4) is 0 Å². The molecule has 2 aliphatic rings. The molecule has 0 amide bonds. The first-order chi connectivity index (χ1) is 9.22. The van der Waals surface area contributed by atoms with E-state index in [9.17, 15) is 5.11 Å². The molecule has 1 N–H and O–H groups in total. The molecule has 0 spiro atoms. The summed E-state index contributed by atoms with van der Waals surface area (Å²) in [5, 5.41) is 10.2. The summed E-state index contributed by atoms with van der Waals surface area (Å²) in [7, 11) is 0. The van der Waals surface area contributed by atoms with E-state index >= 15 is 0 Å². The lowest BCUT2D eigenvalue weighted by Crippen LogP contribution is -2.43. The monoisotopic (exact) mass is 269 g/mol. The maximum atomic E-state index is 10.2. The molecule has 0 aromatic carbocycles. The van der Waals surface area contributed by atoms with Gasteiger partial charge in [-0.05, 0) is 50.9 Å². The van der Waals surface area contributed by atoms with Crippen molar-refractivity contribution in [2.24, 2.45) is 11.8 Å². The van der Waals surface area contributed by atoms with Crippen LogP contribution in [0.25, 0.3) is 0 Å². The molecule has 3 unspecified atom stereocenters. The highest BCUT2D eigenvalue weighted by atomic mass is 16.5. The highest BCUT2D eigenvalue weighted by Crippen LogP contribution is 2.32. The second-order valence-electron chi connectivity index (χ2n) is 6.37. The minimum absolute atomic E-state index is 0.0626. The molecule has 1 aliphatic carbocycles. The molecule has 3 atom stereocenters. The molecule has 1 saturated carbocycles. The van der Waals surface area contributed by atoms with E-state index in [1.54, 1.807) is 0 Å². The molecule has 2 fully saturated rings. The third-order valence-electron chi connectivity index (χ3n) is 5.06. The Morgan fingerprint density at radius 2 is 1.84 bits per heavy atom. The molecule has 19 heavy (non-hydrogen) atoms. The molecular formula is C16H31NO2. The first-order valence-electron chi connectivity index (χ1n) is 8.24. The van der Waals surface area contributed by atoms with Crippen LogP contribution in [0.2, 0.25) is 0 Å². The Balaban J connectivity index is 1.74. The summed E-state index contributed by atoms with van der Waals surface area (Å²) in [6.07, 6.45) is 7.47. The van der Waals surface area contributed by atoms with Crippen LogP contribution in [0.4, 0.5) is 0 Å². The van der Waals surface area contributed by atoms with Gasteiger partial charge in [-0.15, -0.1) is 0 Å². The van der Waals surface area contributed by atoms with Crippen molar-refractivity contribution in [3.63, 3.8) is 0 Å². The van der Waals surface area contributed by atoms with Crippen LogP contribution in [0, 0.1) is 11.8 Å². The number of hydrogen-bond acceptors (Lipinski definition) is 3. The molecule has 0 aromatic rings. The maximum Gasteiger partial charge on any atom is 0.0599 e. The molecule has 1 heterocycles. The highest BCUT2D eigenvalue weighted by molar-refractivity contribution is 4.83. The summed E-state index contributed by atoms with van der Waals surface area (Å²) in [5.41, 5.74) is 0. The normalized spacial score (nSPS) is 34.6. The number of likely N-dealkylation sites (tertiary alicyclic amines) is 1. The van der Waals surface area contributed by atoms with Gasteiger partial charge in [0.05, 0.1) is 12.2 Å². The van der Waals surface area contributed by atoms with Gasteiger partial charge in [-0.1, -0.05) is 13.3 Å². The summed E-state index contributed by atoms with van der Waals surface area (Å²) < 4.78 is 5.70. The van der Waals surface area contributed by atoms with Crippen LogP contribution in [0.1, 0.15) is 52.4 Å². The van der Waals surface area contributed by atoms with E-state index in [1.165, 1.54) is 19.3 Å². The number of rotatable bonds is 5. The Kier molecular flexibility index (Phi) is 6.11. The van der Waals surface area contributed by atoms with E-state index in [-0.39, 0.29) is 6.10 Å². The predicted molar refractivity (Wildman–Crippen MR) is 78.2 cm³/mol. The molecule has 112 valence electrons. The Morgan fingerprint density at radius 3 is 2.47 bits per heavy atom. The maximum absolute atomic E-state index is 10.2. The minimum Gasteiger partial charge on any atom is -0.393 e. The van der Waals surface area contributed by atoms with Gasteiger partial charge in [0.15, 0.2) is 0 Å². The summed E-state index contributed by atoms with van der Waals surface area (Å²) >= 11 is 0. The van der Waals surface area contributed by atoms with Crippen molar-refractivity contribution in [3.05, 3.63) is 0 Å². The summed E-state index contributed by atoms with van der Waals surface area (Å²) in [6.45, 7) is 8.58. The van der Waals surface area contributed by atoms with Crippen molar-refractivity contribution in [1.29, 1.82) is 0 Å². The van der Waals surface area contributed by atoms with Crippen LogP contribution >= 0.6 is 0 Å². The Labute approximate surface area is 118 Å². The molecule has 0 radical (unpaired) electrons. The van der Waals surface area contributed by atoms with Crippen molar-refractivity contribution < 1.29 is 9.84 Å². The number of ether oxygens (including phenoxy) is 1. The quantitative estimate of drug-likeness (QED) is 0.833. The van der Waals surface area contributed by atoms with Crippen molar-refractivity contribution in [2.45, 2.75) is 64.6 Å². The molecule has 1 aliphatic heterocycles. The molecule has 1 saturated heterocycles. The Morgan fingerprint density at radius 1 is 1.11 bits per heavy atom. The van der Waals surface area contributed by atoms with E-state index < -0.39 is 0 Å². The van der Waals surface area contributed by atoms with Gasteiger partial charge < -0.3 is 14.7 Å². The number of aliphatic hydroxyl groups is 1. The lowest BCUT2D eigenvalue weighted by atomic mass is 9.78. The standard InChI is InChI=1S/C16H31NO2/c1-3-13-5-6-16(18)14(11-13)12-17-9-7-15(8-10-17)19-4-2/h13-16,18H,3-12H2,1-2H3. The number of piperidine rings is 1. The topological polar surface area (TPSA) is 32.7 Å².